The van der Waals surface area contributed by atoms with Crippen molar-refractivity contribution >= 4 is 28.1 Å². The van der Waals surface area contributed by atoms with Crippen molar-refractivity contribution in [2.45, 2.75) is 38.3 Å². The number of hydrogen-bond acceptors (Lipinski definition) is 3. The van der Waals surface area contributed by atoms with E-state index in [1.54, 1.807) is 11.3 Å². The van der Waals surface area contributed by atoms with Crippen LogP contribution in [0.4, 0.5) is 0 Å². The first-order chi connectivity index (χ1) is 12.6. The van der Waals surface area contributed by atoms with Gasteiger partial charge in [-0.05, 0) is 59.7 Å². The maximum absolute atomic E-state index is 12.0. The summed E-state index contributed by atoms with van der Waals surface area (Å²) in [6, 6.07) is 16.5. The molecule has 2 atom stereocenters. The van der Waals surface area contributed by atoms with Gasteiger partial charge in [0, 0.05) is 4.88 Å². The molecule has 134 valence electrons. The van der Waals surface area contributed by atoms with Crippen molar-refractivity contribution in [1.29, 1.82) is 0 Å². The molecule has 3 nitrogen and oxygen atoms in total. The van der Waals surface area contributed by atoms with Gasteiger partial charge in [0.05, 0.1) is 6.04 Å². The lowest BCUT2D eigenvalue weighted by molar-refractivity contribution is -0.145. The summed E-state index contributed by atoms with van der Waals surface area (Å²) in [5.41, 5.74) is 2.44. The summed E-state index contributed by atoms with van der Waals surface area (Å²) in [6.07, 6.45) is 2.76. The topological polar surface area (TPSA) is 40.5 Å². The minimum atomic E-state index is -0.705. The van der Waals surface area contributed by atoms with Gasteiger partial charge in [0.1, 0.15) is 6.04 Å². The Hall–Kier alpha value is -2.17. The molecular formula is C22H23NO2S. The Morgan fingerprint density at radius 2 is 2.00 bits per heavy atom. The van der Waals surface area contributed by atoms with Crippen LogP contribution in [0.2, 0.25) is 0 Å². The van der Waals surface area contributed by atoms with Crippen LogP contribution in [0.3, 0.4) is 0 Å². The number of benzene rings is 2. The maximum atomic E-state index is 12.0. The molecule has 4 heteroatoms. The standard InChI is InChI=1S/C22H23NO2S/c1-15-13-20(26-14-15)21(23-12-5-4-11-19(23)22(24)25)18-10-6-8-16-7-2-3-9-17(16)18/h2-3,6-10,13-14,19,21H,4-5,11-12H2,1H3,(H,24,25). The number of aliphatic carboxylic acids is 1. The number of thiophene rings is 1. The molecule has 0 spiro atoms. The Kier molecular flexibility index (Phi) is 4.79. The number of likely N-dealkylation sites (tertiary alicyclic amines) is 1. The first-order valence-corrected chi connectivity index (χ1v) is 10.0. The molecule has 0 bridgehead atoms. The van der Waals surface area contributed by atoms with E-state index in [1.165, 1.54) is 26.8 Å². The number of fused-ring (bicyclic) bond motifs is 1. The number of carboxylic acids is 1. The molecule has 0 radical (unpaired) electrons. The maximum Gasteiger partial charge on any atom is 0.320 e. The van der Waals surface area contributed by atoms with Gasteiger partial charge in [0.2, 0.25) is 0 Å². The molecule has 1 saturated heterocycles. The fourth-order valence-electron chi connectivity index (χ4n) is 4.11. The van der Waals surface area contributed by atoms with Crippen LogP contribution >= 0.6 is 11.3 Å². The molecule has 0 amide bonds. The minimum Gasteiger partial charge on any atom is -0.480 e. The van der Waals surface area contributed by atoms with Gasteiger partial charge in [0.15, 0.2) is 0 Å². The van der Waals surface area contributed by atoms with Gasteiger partial charge in [-0.1, -0.05) is 48.9 Å². The van der Waals surface area contributed by atoms with Crippen LogP contribution in [0.5, 0.6) is 0 Å². The number of nitrogens with zero attached hydrogens (tertiary/aromatic N) is 1. The monoisotopic (exact) mass is 365 g/mol. The third kappa shape index (κ3) is 3.15. The lowest BCUT2D eigenvalue weighted by Gasteiger charge is -2.39. The predicted octanol–water partition coefficient (Wildman–Crippen LogP) is 5.24. The number of hydrogen-bond donors (Lipinski definition) is 1. The number of carbonyl (C=O) groups is 1. The van der Waals surface area contributed by atoms with E-state index in [-0.39, 0.29) is 6.04 Å². The molecule has 0 aliphatic carbocycles. The Bertz CT molecular complexity index is 927. The van der Waals surface area contributed by atoms with Crippen molar-refractivity contribution in [3.8, 4) is 0 Å². The second-order valence-electron chi connectivity index (χ2n) is 7.08. The van der Waals surface area contributed by atoms with E-state index in [0.29, 0.717) is 0 Å². The SMILES string of the molecule is Cc1csc(C(c2cccc3ccccc23)N2CCCCC2C(=O)O)c1. The molecule has 1 fully saturated rings. The molecule has 1 aromatic heterocycles. The molecule has 2 heterocycles. The van der Waals surface area contributed by atoms with Crippen LogP contribution in [0.25, 0.3) is 10.8 Å². The molecule has 4 rings (SSSR count). The molecule has 1 aliphatic rings. The summed E-state index contributed by atoms with van der Waals surface area (Å²) in [4.78, 5) is 15.4. The molecule has 2 unspecified atom stereocenters. The quantitative estimate of drug-likeness (QED) is 0.687. The number of piperidine rings is 1. The Balaban J connectivity index is 1.89. The third-order valence-corrected chi connectivity index (χ3v) is 6.40. The Morgan fingerprint density at radius 1 is 1.19 bits per heavy atom. The Morgan fingerprint density at radius 3 is 2.77 bits per heavy atom. The van der Waals surface area contributed by atoms with E-state index in [2.05, 4.69) is 65.7 Å². The molecule has 3 aromatic rings. The average Bonchev–Trinajstić information content (AvgIpc) is 3.08. The summed E-state index contributed by atoms with van der Waals surface area (Å²) in [5, 5.41) is 14.4. The molecule has 26 heavy (non-hydrogen) atoms. The number of aryl methyl sites for hydroxylation is 1. The van der Waals surface area contributed by atoms with Gasteiger partial charge in [-0.3, -0.25) is 9.69 Å². The summed E-state index contributed by atoms with van der Waals surface area (Å²) in [7, 11) is 0. The van der Waals surface area contributed by atoms with Crippen molar-refractivity contribution < 1.29 is 9.90 Å². The largest absolute Gasteiger partial charge is 0.480 e. The van der Waals surface area contributed by atoms with Crippen LogP contribution in [-0.2, 0) is 4.79 Å². The van der Waals surface area contributed by atoms with E-state index in [1.807, 2.05) is 0 Å². The second-order valence-corrected chi connectivity index (χ2v) is 8.03. The van der Waals surface area contributed by atoms with Gasteiger partial charge < -0.3 is 5.11 Å². The van der Waals surface area contributed by atoms with Crippen LogP contribution in [0.1, 0.15) is 41.3 Å². The highest BCUT2D eigenvalue weighted by molar-refractivity contribution is 7.10. The van der Waals surface area contributed by atoms with Gasteiger partial charge in [-0.15, -0.1) is 11.3 Å². The lowest BCUT2D eigenvalue weighted by atomic mass is 9.92. The number of carboxylic acid groups (broad SMARTS) is 1. The van der Waals surface area contributed by atoms with Gasteiger partial charge >= 0.3 is 5.97 Å². The molecule has 1 aliphatic heterocycles. The van der Waals surface area contributed by atoms with Crippen LogP contribution in [-0.4, -0.2) is 28.6 Å². The van der Waals surface area contributed by atoms with E-state index in [9.17, 15) is 9.90 Å². The smallest absolute Gasteiger partial charge is 0.320 e. The van der Waals surface area contributed by atoms with Crippen LogP contribution in [0, 0.1) is 6.92 Å². The molecular weight excluding hydrogens is 342 g/mol. The molecule has 0 saturated carbocycles. The minimum absolute atomic E-state index is 0.0128. The van der Waals surface area contributed by atoms with E-state index in [4.69, 9.17) is 0 Å². The van der Waals surface area contributed by atoms with E-state index < -0.39 is 12.0 Å². The molecule has 2 aromatic carbocycles. The number of rotatable bonds is 4. The van der Waals surface area contributed by atoms with Crippen molar-refractivity contribution in [3.05, 3.63) is 69.9 Å². The van der Waals surface area contributed by atoms with Crippen molar-refractivity contribution in [2.24, 2.45) is 0 Å². The van der Waals surface area contributed by atoms with E-state index >= 15 is 0 Å². The van der Waals surface area contributed by atoms with Gasteiger partial charge in [-0.25, -0.2) is 0 Å². The van der Waals surface area contributed by atoms with Crippen LogP contribution < -0.4 is 0 Å². The fraction of sp³-hybridized carbons (Fsp3) is 0.318. The summed E-state index contributed by atoms with van der Waals surface area (Å²) in [5.74, 6) is -0.705. The first-order valence-electron chi connectivity index (χ1n) is 9.16. The van der Waals surface area contributed by atoms with Gasteiger partial charge in [-0.2, -0.15) is 0 Å². The predicted molar refractivity (Wildman–Crippen MR) is 107 cm³/mol. The van der Waals surface area contributed by atoms with Gasteiger partial charge in [0.25, 0.3) is 0 Å². The van der Waals surface area contributed by atoms with Crippen molar-refractivity contribution in [1.82, 2.24) is 4.90 Å². The Labute approximate surface area is 157 Å². The average molecular weight is 365 g/mol. The molecule has 1 N–H and O–H groups in total. The van der Waals surface area contributed by atoms with Crippen LogP contribution in [0.15, 0.2) is 53.9 Å². The first kappa shape index (κ1) is 17.3. The third-order valence-electron chi connectivity index (χ3n) is 5.30. The summed E-state index contributed by atoms with van der Waals surface area (Å²) < 4.78 is 0. The van der Waals surface area contributed by atoms with Crippen molar-refractivity contribution in [2.75, 3.05) is 6.54 Å². The highest BCUT2D eigenvalue weighted by Gasteiger charge is 2.36. The van der Waals surface area contributed by atoms with E-state index in [0.717, 1.165) is 25.8 Å². The highest BCUT2D eigenvalue weighted by Crippen LogP contribution is 2.39. The summed E-state index contributed by atoms with van der Waals surface area (Å²) >= 11 is 1.73. The lowest BCUT2D eigenvalue weighted by Crippen LogP contribution is -2.46. The zero-order chi connectivity index (χ0) is 18.1. The van der Waals surface area contributed by atoms with Crippen molar-refractivity contribution in [3.63, 3.8) is 0 Å². The summed E-state index contributed by atoms with van der Waals surface area (Å²) in [6.45, 7) is 2.92. The zero-order valence-corrected chi connectivity index (χ0v) is 15.7. The zero-order valence-electron chi connectivity index (χ0n) is 14.9. The fourth-order valence-corrected chi connectivity index (χ4v) is 5.14. The normalized spacial score (nSPS) is 19.5. The highest BCUT2D eigenvalue weighted by atomic mass is 32.1. The second kappa shape index (κ2) is 7.22.